The van der Waals surface area contributed by atoms with E-state index in [1.54, 1.807) is 25.3 Å². The van der Waals surface area contributed by atoms with E-state index in [-0.39, 0.29) is 18.0 Å². The molecule has 0 atom stereocenters. The molecule has 1 amide bonds. The minimum absolute atomic E-state index is 0.102. The zero-order valence-electron chi connectivity index (χ0n) is 10.2. The highest BCUT2D eigenvalue weighted by Gasteiger charge is 2.14. The van der Waals surface area contributed by atoms with Crippen LogP contribution in [0.2, 0.25) is 0 Å². The molecule has 0 saturated carbocycles. The van der Waals surface area contributed by atoms with Crippen LogP contribution in [0.3, 0.4) is 0 Å². The number of carboxylic acid groups (broad SMARTS) is 1. The number of furan rings is 1. The van der Waals surface area contributed by atoms with Crippen LogP contribution in [0.25, 0.3) is 0 Å². The van der Waals surface area contributed by atoms with Gasteiger partial charge < -0.3 is 14.8 Å². The summed E-state index contributed by atoms with van der Waals surface area (Å²) in [6.45, 7) is 1.69. The van der Waals surface area contributed by atoms with E-state index in [2.05, 4.69) is 10.3 Å². The van der Waals surface area contributed by atoms with Crippen LogP contribution in [0, 0.1) is 6.92 Å². The van der Waals surface area contributed by atoms with Crippen molar-refractivity contribution in [2.45, 2.75) is 13.5 Å². The van der Waals surface area contributed by atoms with Crippen LogP contribution in [0.5, 0.6) is 0 Å². The van der Waals surface area contributed by atoms with Crippen molar-refractivity contribution in [1.82, 2.24) is 10.3 Å². The molecule has 0 spiro atoms. The molecule has 2 N–H and O–H groups in total. The van der Waals surface area contributed by atoms with Gasteiger partial charge in [0.05, 0.1) is 12.1 Å². The van der Waals surface area contributed by atoms with Crippen molar-refractivity contribution in [2.24, 2.45) is 0 Å². The van der Waals surface area contributed by atoms with Gasteiger partial charge in [0.2, 0.25) is 0 Å². The highest BCUT2D eigenvalue weighted by atomic mass is 16.4. The third-order valence-electron chi connectivity index (χ3n) is 2.55. The van der Waals surface area contributed by atoms with Gasteiger partial charge in [-0.2, -0.15) is 0 Å². The summed E-state index contributed by atoms with van der Waals surface area (Å²) < 4.78 is 5.25. The second kappa shape index (κ2) is 5.34. The molecule has 98 valence electrons. The topological polar surface area (TPSA) is 92.4 Å². The summed E-state index contributed by atoms with van der Waals surface area (Å²) in [7, 11) is 0. The molecule has 19 heavy (non-hydrogen) atoms. The number of nitrogens with zero attached hydrogens (tertiary/aromatic N) is 1. The molecule has 0 unspecified atom stereocenters. The zero-order chi connectivity index (χ0) is 13.8. The van der Waals surface area contributed by atoms with Crippen LogP contribution in [0.4, 0.5) is 0 Å². The second-order valence-electron chi connectivity index (χ2n) is 3.91. The molecule has 2 heterocycles. The number of aryl methyl sites for hydroxylation is 1. The van der Waals surface area contributed by atoms with Gasteiger partial charge in [-0.15, -0.1) is 0 Å². The van der Waals surface area contributed by atoms with Gasteiger partial charge >= 0.3 is 5.97 Å². The highest BCUT2D eigenvalue weighted by molar-refractivity contribution is 5.93. The number of nitrogens with one attached hydrogen (secondary N) is 1. The highest BCUT2D eigenvalue weighted by Crippen LogP contribution is 2.14. The minimum Gasteiger partial charge on any atom is -0.478 e. The van der Waals surface area contributed by atoms with Gasteiger partial charge in [-0.1, -0.05) is 0 Å². The number of pyridine rings is 1. The Kier molecular flexibility index (Phi) is 3.61. The van der Waals surface area contributed by atoms with Crippen molar-refractivity contribution in [3.05, 3.63) is 53.2 Å². The van der Waals surface area contributed by atoms with Crippen LogP contribution >= 0.6 is 0 Å². The number of hydrogen-bond acceptors (Lipinski definition) is 4. The maximum Gasteiger partial charge on any atom is 0.339 e. The number of aromatic carboxylic acids is 1. The first-order valence-electron chi connectivity index (χ1n) is 5.58. The molecule has 0 aromatic carbocycles. The standard InChI is InChI=1S/C13H12N2O4/c1-8-11(13(17)18)5-10(19-8)7-15-12(16)9-3-2-4-14-6-9/h2-6H,7H2,1H3,(H,15,16)(H,17,18). The fraction of sp³-hybridized carbons (Fsp3) is 0.154. The first-order chi connectivity index (χ1) is 9.08. The van der Waals surface area contributed by atoms with E-state index in [4.69, 9.17) is 9.52 Å². The number of carbonyl (C=O) groups excluding carboxylic acids is 1. The predicted octanol–water partition coefficient (Wildman–Crippen LogP) is 1.61. The minimum atomic E-state index is -1.05. The molecule has 0 bridgehead atoms. The second-order valence-corrected chi connectivity index (χ2v) is 3.91. The van der Waals surface area contributed by atoms with E-state index in [0.29, 0.717) is 17.1 Å². The summed E-state index contributed by atoms with van der Waals surface area (Å²) >= 11 is 0. The monoisotopic (exact) mass is 260 g/mol. The fourth-order valence-corrected chi connectivity index (χ4v) is 1.61. The lowest BCUT2D eigenvalue weighted by molar-refractivity contribution is 0.0694. The predicted molar refractivity (Wildman–Crippen MR) is 65.8 cm³/mol. The Morgan fingerprint density at radius 1 is 1.47 bits per heavy atom. The lowest BCUT2D eigenvalue weighted by Crippen LogP contribution is -2.22. The summed E-state index contributed by atoms with van der Waals surface area (Å²) in [6.07, 6.45) is 3.03. The number of carboxylic acids is 1. The number of aromatic nitrogens is 1. The van der Waals surface area contributed by atoms with Gasteiger partial charge in [0.15, 0.2) is 0 Å². The first-order valence-corrected chi connectivity index (χ1v) is 5.58. The summed E-state index contributed by atoms with van der Waals surface area (Å²) in [6, 6.07) is 4.70. The SMILES string of the molecule is Cc1oc(CNC(=O)c2cccnc2)cc1C(=O)O. The molecule has 0 radical (unpaired) electrons. The summed E-state index contributed by atoms with van der Waals surface area (Å²) in [4.78, 5) is 26.4. The molecule has 2 aromatic rings. The maximum absolute atomic E-state index is 11.7. The molecule has 0 aliphatic heterocycles. The first kappa shape index (κ1) is 12.8. The Morgan fingerprint density at radius 2 is 2.26 bits per heavy atom. The van der Waals surface area contributed by atoms with E-state index in [1.807, 2.05) is 0 Å². The molecular weight excluding hydrogens is 248 g/mol. The average Bonchev–Trinajstić information content (AvgIpc) is 2.78. The van der Waals surface area contributed by atoms with Crippen molar-refractivity contribution < 1.29 is 19.1 Å². The van der Waals surface area contributed by atoms with Gasteiger partial charge in [-0.25, -0.2) is 4.79 Å². The summed E-state index contributed by atoms with van der Waals surface area (Å²) in [5.41, 5.74) is 0.537. The van der Waals surface area contributed by atoms with Gasteiger partial charge in [0.25, 0.3) is 5.91 Å². The maximum atomic E-state index is 11.7. The van der Waals surface area contributed by atoms with Crippen LogP contribution < -0.4 is 5.32 Å². The summed E-state index contributed by atoms with van der Waals surface area (Å²) in [5, 5.41) is 11.5. The van der Waals surface area contributed by atoms with E-state index in [1.165, 1.54) is 12.3 Å². The van der Waals surface area contributed by atoms with Crippen molar-refractivity contribution in [2.75, 3.05) is 0 Å². The number of rotatable bonds is 4. The molecule has 2 aromatic heterocycles. The largest absolute Gasteiger partial charge is 0.478 e. The van der Waals surface area contributed by atoms with Gasteiger partial charge in [0.1, 0.15) is 17.1 Å². The molecule has 0 aliphatic rings. The Hall–Kier alpha value is -2.63. The molecule has 0 aliphatic carbocycles. The van der Waals surface area contributed by atoms with Crippen LogP contribution in [0.15, 0.2) is 35.0 Å². The van der Waals surface area contributed by atoms with E-state index < -0.39 is 5.97 Å². The van der Waals surface area contributed by atoms with Gasteiger partial charge in [-0.3, -0.25) is 9.78 Å². The Morgan fingerprint density at radius 3 is 2.84 bits per heavy atom. The number of hydrogen-bond donors (Lipinski definition) is 2. The third-order valence-corrected chi connectivity index (χ3v) is 2.55. The molecule has 6 heteroatoms. The van der Waals surface area contributed by atoms with E-state index in [0.717, 1.165) is 0 Å². The molecule has 0 saturated heterocycles. The molecule has 2 rings (SSSR count). The summed E-state index contributed by atoms with van der Waals surface area (Å²) in [5.74, 6) is -0.629. The third kappa shape index (κ3) is 2.98. The lowest BCUT2D eigenvalue weighted by atomic mass is 10.2. The van der Waals surface area contributed by atoms with Crippen LogP contribution in [-0.4, -0.2) is 22.0 Å². The number of carbonyl (C=O) groups is 2. The van der Waals surface area contributed by atoms with E-state index in [9.17, 15) is 9.59 Å². The van der Waals surface area contributed by atoms with Crippen molar-refractivity contribution >= 4 is 11.9 Å². The normalized spacial score (nSPS) is 10.2. The molecule has 0 fully saturated rings. The Bertz CT molecular complexity index is 604. The smallest absolute Gasteiger partial charge is 0.339 e. The lowest BCUT2D eigenvalue weighted by Gasteiger charge is -2.02. The molecular formula is C13H12N2O4. The Labute approximate surface area is 109 Å². The zero-order valence-corrected chi connectivity index (χ0v) is 10.2. The van der Waals surface area contributed by atoms with E-state index >= 15 is 0 Å². The number of amides is 1. The Balaban J connectivity index is 2.01. The molecule has 6 nitrogen and oxygen atoms in total. The van der Waals surface area contributed by atoms with Crippen molar-refractivity contribution in [1.29, 1.82) is 0 Å². The quantitative estimate of drug-likeness (QED) is 0.871. The fourth-order valence-electron chi connectivity index (χ4n) is 1.61. The van der Waals surface area contributed by atoms with Crippen LogP contribution in [-0.2, 0) is 6.54 Å². The van der Waals surface area contributed by atoms with Gasteiger partial charge in [0, 0.05) is 12.4 Å². The van der Waals surface area contributed by atoms with Crippen molar-refractivity contribution in [3.8, 4) is 0 Å². The average molecular weight is 260 g/mol. The van der Waals surface area contributed by atoms with Crippen LogP contribution in [0.1, 0.15) is 32.2 Å². The van der Waals surface area contributed by atoms with Crippen molar-refractivity contribution in [3.63, 3.8) is 0 Å². The van der Waals surface area contributed by atoms with Gasteiger partial charge in [-0.05, 0) is 25.1 Å².